The Hall–Kier alpha value is -0.780. The Kier molecular flexibility index (Phi) is 5.17. The Bertz CT molecular complexity index is 763. The number of nitrogens with zero attached hydrogens (tertiary/aromatic N) is 1. The minimum Gasteiger partial charge on any atom is -0.207 e. The van der Waals surface area contributed by atoms with Crippen molar-refractivity contribution in [3.8, 4) is 0 Å². The Morgan fingerprint density at radius 2 is 1.57 bits per heavy atom. The molecule has 0 aliphatic carbocycles. The highest BCUT2D eigenvalue weighted by atomic mass is 35.5. The molecule has 0 heterocycles. The predicted octanol–water partition coefficient (Wildman–Crippen LogP) is 4.47. The molecule has 0 aliphatic heterocycles. The smallest absolute Gasteiger partial charge is 0.207 e. The van der Waals surface area contributed by atoms with Gasteiger partial charge in [0.25, 0.3) is 0 Å². The molecule has 21 heavy (non-hydrogen) atoms. The van der Waals surface area contributed by atoms with Crippen molar-refractivity contribution in [3.05, 3.63) is 63.1 Å². The van der Waals surface area contributed by atoms with E-state index in [4.69, 9.17) is 34.8 Å². The van der Waals surface area contributed by atoms with Crippen molar-refractivity contribution >= 4 is 44.8 Å². The van der Waals surface area contributed by atoms with Gasteiger partial charge in [0.15, 0.2) is 0 Å². The lowest BCUT2D eigenvalue weighted by molar-refractivity contribution is 0.467. The first kappa shape index (κ1) is 16.6. The van der Waals surface area contributed by atoms with Gasteiger partial charge in [0.1, 0.15) is 4.90 Å². The minimum atomic E-state index is -3.75. The van der Waals surface area contributed by atoms with Crippen molar-refractivity contribution in [2.45, 2.75) is 11.4 Å². The molecule has 0 aliphatic rings. The number of hydrogen-bond acceptors (Lipinski definition) is 2. The van der Waals surface area contributed by atoms with E-state index in [1.807, 2.05) is 0 Å². The molecule has 0 saturated carbocycles. The molecule has 0 bridgehead atoms. The number of benzene rings is 2. The van der Waals surface area contributed by atoms with Crippen molar-refractivity contribution in [2.24, 2.45) is 0 Å². The van der Waals surface area contributed by atoms with Crippen LogP contribution in [0.15, 0.2) is 47.4 Å². The normalized spacial score (nSPS) is 11.9. The van der Waals surface area contributed by atoms with Gasteiger partial charge in [-0.1, -0.05) is 59.1 Å². The molecule has 0 radical (unpaired) electrons. The number of rotatable bonds is 4. The number of halogens is 3. The molecule has 3 nitrogen and oxygen atoms in total. The van der Waals surface area contributed by atoms with Gasteiger partial charge in [0.05, 0.1) is 10.0 Å². The van der Waals surface area contributed by atoms with Crippen LogP contribution in [0.1, 0.15) is 5.56 Å². The minimum absolute atomic E-state index is 0.0187. The van der Waals surface area contributed by atoms with Crippen LogP contribution >= 0.6 is 34.8 Å². The largest absolute Gasteiger partial charge is 0.244 e. The first-order valence-electron chi connectivity index (χ1n) is 5.98. The average Bonchev–Trinajstić information content (AvgIpc) is 2.44. The molecule has 0 fully saturated rings. The van der Waals surface area contributed by atoms with Gasteiger partial charge in [-0.3, -0.25) is 0 Å². The molecule has 0 saturated heterocycles. The summed E-state index contributed by atoms with van der Waals surface area (Å²) in [5, 5.41) is 0.728. The fourth-order valence-corrected chi connectivity index (χ4v) is 3.88. The third-order valence-electron chi connectivity index (χ3n) is 2.96. The standard InChI is InChI=1S/C14H12Cl3NO2S/c1-18(9-10-5-2-3-6-11(10)15)21(19,20)13-8-4-7-12(16)14(13)17/h2-8H,9H2,1H3. The lowest BCUT2D eigenvalue weighted by Crippen LogP contribution is -2.26. The maximum Gasteiger partial charge on any atom is 0.244 e. The van der Waals surface area contributed by atoms with Crippen LogP contribution in [0.2, 0.25) is 15.1 Å². The van der Waals surface area contributed by atoms with Crippen LogP contribution in [0.25, 0.3) is 0 Å². The fraction of sp³-hybridized carbons (Fsp3) is 0.143. The monoisotopic (exact) mass is 363 g/mol. The second-order valence-electron chi connectivity index (χ2n) is 4.40. The van der Waals surface area contributed by atoms with Crippen molar-refractivity contribution in [1.82, 2.24) is 4.31 Å². The maximum atomic E-state index is 12.6. The van der Waals surface area contributed by atoms with Crippen molar-refractivity contribution in [1.29, 1.82) is 0 Å². The molecule has 2 aromatic rings. The van der Waals surface area contributed by atoms with E-state index in [0.717, 1.165) is 0 Å². The highest BCUT2D eigenvalue weighted by molar-refractivity contribution is 7.89. The third kappa shape index (κ3) is 3.52. The lowest BCUT2D eigenvalue weighted by Gasteiger charge is -2.19. The Morgan fingerprint density at radius 3 is 2.24 bits per heavy atom. The molecule has 2 aromatic carbocycles. The highest BCUT2D eigenvalue weighted by Crippen LogP contribution is 2.31. The van der Waals surface area contributed by atoms with Gasteiger partial charge in [-0.25, -0.2) is 8.42 Å². The molecular weight excluding hydrogens is 353 g/mol. The fourth-order valence-electron chi connectivity index (χ4n) is 1.80. The Balaban J connectivity index is 2.36. The Labute approximate surface area is 139 Å². The predicted molar refractivity (Wildman–Crippen MR) is 86.6 cm³/mol. The summed E-state index contributed by atoms with van der Waals surface area (Å²) in [6.07, 6.45) is 0. The summed E-state index contributed by atoms with van der Waals surface area (Å²) >= 11 is 17.9. The first-order valence-corrected chi connectivity index (χ1v) is 8.55. The van der Waals surface area contributed by atoms with Gasteiger partial charge in [0, 0.05) is 18.6 Å². The molecular formula is C14H12Cl3NO2S. The average molecular weight is 365 g/mol. The van der Waals surface area contributed by atoms with E-state index >= 15 is 0 Å². The molecule has 2 rings (SSSR count). The zero-order valence-corrected chi connectivity index (χ0v) is 14.1. The van der Waals surface area contributed by atoms with Crippen LogP contribution in [0, 0.1) is 0 Å². The zero-order valence-electron chi connectivity index (χ0n) is 11.1. The summed E-state index contributed by atoms with van der Waals surface area (Å²) in [6.45, 7) is 0.144. The van der Waals surface area contributed by atoms with Gasteiger partial charge in [-0.05, 0) is 23.8 Å². The lowest BCUT2D eigenvalue weighted by atomic mass is 10.2. The second kappa shape index (κ2) is 6.55. The molecule has 112 valence electrons. The SMILES string of the molecule is CN(Cc1ccccc1Cl)S(=O)(=O)c1cccc(Cl)c1Cl. The molecule has 0 atom stereocenters. The summed E-state index contributed by atoms with van der Waals surface area (Å²) in [5.41, 5.74) is 0.711. The van der Waals surface area contributed by atoms with Crippen molar-refractivity contribution in [3.63, 3.8) is 0 Å². The molecule has 7 heteroatoms. The van der Waals surface area contributed by atoms with Crippen LogP contribution in [0.3, 0.4) is 0 Å². The van der Waals surface area contributed by atoms with Gasteiger partial charge < -0.3 is 0 Å². The van der Waals surface area contributed by atoms with Crippen molar-refractivity contribution in [2.75, 3.05) is 7.05 Å². The molecule has 0 spiro atoms. The van der Waals surface area contributed by atoms with Crippen LogP contribution in [-0.2, 0) is 16.6 Å². The summed E-state index contributed by atoms with van der Waals surface area (Å²) in [7, 11) is -2.28. The van der Waals surface area contributed by atoms with Crippen LogP contribution < -0.4 is 0 Å². The van der Waals surface area contributed by atoms with E-state index in [2.05, 4.69) is 0 Å². The Morgan fingerprint density at radius 1 is 0.952 bits per heavy atom. The quantitative estimate of drug-likeness (QED) is 0.803. The van der Waals surface area contributed by atoms with Crippen LogP contribution in [0.5, 0.6) is 0 Å². The van der Waals surface area contributed by atoms with E-state index < -0.39 is 10.0 Å². The summed E-state index contributed by atoms with van der Waals surface area (Å²) in [5.74, 6) is 0. The molecule has 0 N–H and O–H groups in total. The van der Waals surface area contributed by atoms with E-state index in [-0.39, 0.29) is 21.5 Å². The van der Waals surface area contributed by atoms with E-state index in [0.29, 0.717) is 10.6 Å². The zero-order chi connectivity index (χ0) is 15.6. The van der Waals surface area contributed by atoms with Gasteiger partial charge in [-0.15, -0.1) is 0 Å². The van der Waals surface area contributed by atoms with Gasteiger partial charge in [-0.2, -0.15) is 4.31 Å². The number of hydrogen-bond donors (Lipinski definition) is 0. The first-order chi connectivity index (χ1) is 9.84. The summed E-state index contributed by atoms with van der Waals surface area (Å²) in [4.78, 5) is -0.0220. The highest BCUT2D eigenvalue weighted by Gasteiger charge is 2.25. The van der Waals surface area contributed by atoms with Crippen LogP contribution in [-0.4, -0.2) is 19.8 Å². The number of sulfonamides is 1. The second-order valence-corrected chi connectivity index (χ2v) is 7.61. The van der Waals surface area contributed by atoms with E-state index in [1.165, 1.54) is 23.5 Å². The summed E-state index contributed by atoms with van der Waals surface area (Å²) in [6, 6.07) is 11.6. The molecule has 0 aromatic heterocycles. The van der Waals surface area contributed by atoms with Gasteiger partial charge >= 0.3 is 0 Å². The molecule has 0 amide bonds. The van der Waals surface area contributed by atoms with E-state index in [1.54, 1.807) is 30.3 Å². The summed E-state index contributed by atoms with van der Waals surface area (Å²) < 4.78 is 26.3. The molecule has 0 unspecified atom stereocenters. The third-order valence-corrected chi connectivity index (χ3v) is 6.10. The maximum absolute atomic E-state index is 12.6. The van der Waals surface area contributed by atoms with Crippen molar-refractivity contribution < 1.29 is 8.42 Å². The van der Waals surface area contributed by atoms with Gasteiger partial charge in [0.2, 0.25) is 10.0 Å². The van der Waals surface area contributed by atoms with E-state index in [9.17, 15) is 8.42 Å². The van der Waals surface area contributed by atoms with Crippen LogP contribution in [0.4, 0.5) is 0 Å². The topological polar surface area (TPSA) is 37.4 Å².